The average molecular weight is 804 g/mol. The van der Waals surface area contributed by atoms with Crippen molar-refractivity contribution in [1.29, 1.82) is 0 Å². The lowest BCUT2D eigenvalue weighted by molar-refractivity contribution is -0.162. The molecule has 0 bridgehead atoms. The summed E-state index contributed by atoms with van der Waals surface area (Å²) in [5.41, 5.74) is 0.670. The number of carbonyl (C=O) groups is 2. The van der Waals surface area contributed by atoms with Gasteiger partial charge >= 0.3 is 5.97 Å². The first kappa shape index (κ1) is 47.3. The van der Waals surface area contributed by atoms with Crippen molar-refractivity contribution < 1.29 is 27.3 Å². The standard InChI is InChI=1S/C48H85NO6S/c1-5-6-7-8-9-10-11-12-13-14-15-16-17-18-19-20-21-22-23-24-46(51)55-40-31-33-47(3)39(37-40)26-27-41-43-29-28-42(48(43,4)34-32-44(41)47)38(2)25-30-45(50)49-35-36-56(52,53)54/h12-13,38-44H,5-11,14-37H2,1-4H3,(H,49,50)(H,52,53,54)/b13-12-. The third kappa shape index (κ3) is 14.7. The van der Waals surface area contributed by atoms with E-state index in [9.17, 15) is 18.0 Å². The summed E-state index contributed by atoms with van der Waals surface area (Å²) in [6.45, 7) is 9.69. The number of fused-ring (bicyclic) bond motifs is 5. The number of ether oxygens (including phenoxy) is 1. The van der Waals surface area contributed by atoms with Gasteiger partial charge in [-0.05, 0) is 143 Å². The number of unbranched alkanes of at least 4 members (excludes halogenated alkanes) is 15. The quantitative estimate of drug-likeness (QED) is 0.0370. The van der Waals surface area contributed by atoms with Gasteiger partial charge in [-0.2, -0.15) is 8.42 Å². The number of hydrogen-bond acceptors (Lipinski definition) is 5. The smallest absolute Gasteiger partial charge is 0.306 e. The lowest BCUT2D eigenvalue weighted by Crippen LogP contribution is -2.54. The number of rotatable bonds is 27. The molecule has 0 heterocycles. The minimum absolute atomic E-state index is 0.0310. The summed E-state index contributed by atoms with van der Waals surface area (Å²) in [6, 6.07) is 0. The largest absolute Gasteiger partial charge is 0.462 e. The van der Waals surface area contributed by atoms with Crippen molar-refractivity contribution in [2.75, 3.05) is 12.3 Å². The maximum Gasteiger partial charge on any atom is 0.306 e. The third-order valence-electron chi connectivity index (χ3n) is 15.8. The van der Waals surface area contributed by atoms with E-state index >= 15 is 0 Å². The molecule has 4 fully saturated rings. The number of hydrogen-bond donors (Lipinski definition) is 2. The van der Waals surface area contributed by atoms with Gasteiger partial charge in [-0.1, -0.05) is 117 Å². The van der Waals surface area contributed by atoms with Gasteiger partial charge in [-0.3, -0.25) is 14.1 Å². The van der Waals surface area contributed by atoms with E-state index in [1.54, 1.807) is 0 Å². The molecule has 56 heavy (non-hydrogen) atoms. The van der Waals surface area contributed by atoms with Gasteiger partial charge in [0.25, 0.3) is 10.1 Å². The Hall–Kier alpha value is -1.41. The predicted molar refractivity (Wildman–Crippen MR) is 231 cm³/mol. The highest BCUT2D eigenvalue weighted by molar-refractivity contribution is 7.85. The lowest BCUT2D eigenvalue weighted by Gasteiger charge is -2.61. The molecule has 4 aliphatic rings. The summed E-state index contributed by atoms with van der Waals surface area (Å²) in [7, 11) is -4.06. The first-order valence-electron chi connectivity index (χ1n) is 23.9. The van der Waals surface area contributed by atoms with Gasteiger partial charge in [-0.25, -0.2) is 0 Å². The molecule has 0 spiro atoms. The van der Waals surface area contributed by atoms with Crippen LogP contribution in [0.25, 0.3) is 0 Å². The van der Waals surface area contributed by atoms with Crippen molar-refractivity contribution in [3.8, 4) is 0 Å². The molecule has 0 radical (unpaired) electrons. The topological polar surface area (TPSA) is 110 Å². The van der Waals surface area contributed by atoms with Crippen LogP contribution in [0.15, 0.2) is 12.2 Å². The minimum atomic E-state index is -4.06. The molecular formula is C48H85NO6S. The Bertz CT molecular complexity index is 1300. The van der Waals surface area contributed by atoms with Crippen LogP contribution in [0.4, 0.5) is 0 Å². The minimum Gasteiger partial charge on any atom is -0.462 e. The van der Waals surface area contributed by atoms with Crippen molar-refractivity contribution in [3.05, 3.63) is 12.2 Å². The Morgan fingerprint density at radius 3 is 1.98 bits per heavy atom. The van der Waals surface area contributed by atoms with E-state index in [2.05, 4.69) is 45.2 Å². The fraction of sp³-hybridized carbons (Fsp3) is 0.917. The van der Waals surface area contributed by atoms with Crippen LogP contribution in [0, 0.1) is 46.3 Å². The van der Waals surface area contributed by atoms with Crippen LogP contribution in [0.3, 0.4) is 0 Å². The molecule has 4 aliphatic carbocycles. The van der Waals surface area contributed by atoms with Crippen molar-refractivity contribution in [1.82, 2.24) is 5.32 Å². The third-order valence-corrected chi connectivity index (χ3v) is 16.5. The Kier molecular flexibility index (Phi) is 20.3. The van der Waals surface area contributed by atoms with Crippen molar-refractivity contribution in [2.45, 2.75) is 220 Å². The van der Waals surface area contributed by atoms with Gasteiger partial charge in [0.1, 0.15) is 6.10 Å². The van der Waals surface area contributed by atoms with Crippen molar-refractivity contribution in [3.63, 3.8) is 0 Å². The van der Waals surface area contributed by atoms with E-state index < -0.39 is 15.9 Å². The lowest BCUT2D eigenvalue weighted by atomic mass is 9.44. The van der Waals surface area contributed by atoms with Crippen LogP contribution in [-0.4, -0.2) is 43.2 Å². The Morgan fingerprint density at radius 2 is 1.34 bits per heavy atom. The summed E-state index contributed by atoms with van der Waals surface area (Å²) in [4.78, 5) is 25.3. The molecule has 324 valence electrons. The number of nitrogens with one attached hydrogen (secondary N) is 1. The monoisotopic (exact) mass is 804 g/mol. The van der Waals surface area contributed by atoms with Crippen LogP contribution in [0.5, 0.6) is 0 Å². The highest BCUT2D eigenvalue weighted by atomic mass is 32.2. The van der Waals surface area contributed by atoms with Crippen molar-refractivity contribution in [2.24, 2.45) is 46.3 Å². The zero-order valence-corrected chi connectivity index (χ0v) is 37.3. The maximum absolute atomic E-state index is 12.9. The van der Waals surface area contributed by atoms with E-state index in [0.717, 1.165) is 49.9 Å². The molecule has 4 rings (SSSR count). The zero-order valence-electron chi connectivity index (χ0n) is 36.5. The van der Waals surface area contributed by atoms with Crippen LogP contribution in [0.1, 0.15) is 214 Å². The second-order valence-electron chi connectivity index (χ2n) is 19.7. The van der Waals surface area contributed by atoms with E-state index in [1.165, 1.54) is 141 Å². The van der Waals surface area contributed by atoms with E-state index in [4.69, 9.17) is 9.29 Å². The molecule has 8 heteroatoms. The van der Waals surface area contributed by atoms with Crippen LogP contribution >= 0.6 is 0 Å². The van der Waals surface area contributed by atoms with Crippen LogP contribution < -0.4 is 5.32 Å². The van der Waals surface area contributed by atoms with Gasteiger partial charge < -0.3 is 10.1 Å². The molecule has 4 saturated carbocycles. The molecule has 7 nitrogen and oxygen atoms in total. The summed E-state index contributed by atoms with van der Waals surface area (Å²) < 4.78 is 37.1. The number of carbonyl (C=O) groups excluding carboxylic acids is 2. The summed E-state index contributed by atoms with van der Waals surface area (Å²) in [5.74, 6) is 3.48. The molecular weight excluding hydrogens is 719 g/mol. The molecule has 1 amide bonds. The first-order chi connectivity index (χ1) is 26.9. The highest BCUT2D eigenvalue weighted by Gasteiger charge is 2.60. The molecule has 0 aromatic carbocycles. The molecule has 9 atom stereocenters. The molecule has 9 unspecified atom stereocenters. The van der Waals surface area contributed by atoms with Gasteiger partial charge in [0.15, 0.2) is 0 Å². The molecule has 0 aromatic heterocycles. The Morgan fingerprint density at radius 1 is 0.750 bits per heavy atom. The molecule has 2 N–H and O–H groups in total. The Balaban J connectivity index is 1.05. The van der Waals surface area contributed by atoms with Crippen LogP contribution in [0.2, 0.25) is 0 Å². The fourth-order valence-corrected chi connectivity index (χ4v) is 12.9. The summed E-state index contributed by atoms with van der Waals surface area (Å²) in [6.07, 6.45) is 39.8. The SMILES string of the molecule is CCCCCCCC/C=C\CCCCCCCCCCCC(=O)OC1CCC2(C)C(CCC3C2CCC2(C)C(C(C)CCC(=O)NCCS(=O)(=O)O)CCC32)C1. The zero-order chi connectivity index (χ0) is 40.4. The van der Waals surface area contributed by atoms with Crippen LogP contribution in [-0.2, 0) is 24.4 Å². The van der Waals surface area contributed by atoms with Gasteiger partial charge in [0.2, 0.25) is 5.91 Å². The van der Waals surface area contributed by atoms with Gasteiger partial charge in [-0.15, -0.1) is 0 Å². The van der Waals surface area contributed by atoms with E-state index in [1.807, 2.05) is 0 Å². The van der Waals surface area contributed by atoms with E-state index in [0.29, 0.717) is 41.4 Å². The maximum atomic E-state index is 12.9. The molecule has 0 saturated heterocycles. The highest BCUT2D eigenvalue weighted by Crippen LogP contribution is 2.68. The first-order valence-corrected chi connectivity index (χ1v) is 25.5. The van der Waals surface area contributed by atoms with Crippen molar-refractivity contribution >= 4 is 22.0 Å². The van der Waals surface area contributed by atoms with Gasteiger partial charge in [0, 0.05) is 19.4 Å². The van der Waals surface area contributed by atoms with E-state index in [-0.39, 0.29) is 24.5 Å². The number of amides is 1. The number of esters is 1. The molecule has 0 aromatic rings. The average Bonchev–Trinajstić information content (AvgIpc) is 3.51. The normalized spacial score (nSPS) is 30.7. The Labute approximate surface area is 344 Å². The fourth-order valence-electron chi connectivity index (χ4n) is 12.6. The second kappa shape index (κ2) is 24.0. The second-order valence-corrected chi connectivity index (χ2v) is 21.2. The van der Waals surface area contributed by atoms with Gasteiger partial charge in [0.05, 0.1) is 5.75 Å². The molecule has 0 aliphatic heterocycles. The summed E-state index contributed by atoms with van der Waals surface area (Å²) in [5, 5.41) is 2.66. The number of allylic oxidation sites excluding steroid dienone is 2. The predicted octanol–water partition coefficient (Wildman–Crippen LogP) is 12.6. The summed E-state index contributed by atoms with van der Waals surface area (Å²) >= 11 is 0.